The molecule has 0 saturated carbocycles. The lowest BCUT2D eigenvalue weighted by atomic mass is 10.2. The maximum Gasteiger partial charge on any atom is 0.243 e. The maximum absolute atomic E-state index is 11.2. The number of carbonyl (C=O) groups excluding carboxylic acids is 2. The van der Waals surface area contributed by atoms with Crippen molar-refractivity contribution in [2.75, 3.05) is 13.1 Å². The van der Waals surface area contributed by atoms with Gasteiger partial charge >= 0.3 is 0 Å². The summed E-state index contributed by atoms with van der Waals surface area (Å²) in [5, 5.41) is 2.26. The first kappa shape index (κ1) is 9.75. The standard InChI is InChI=1S/C9H12N2O2/c1-3-4-5-11-6-8(12)10-9(13)7(11)2/h1,7H,4-6H2,2H3,(H,10,12,13). The highest BCUT2D eigenvalue weighted by Gasteiger charge is 2.29. The van der Waals surface area contributed by atoms with Crippen LogP contribution in [0.1, 0.15) is 13.3 Å². The van der Waals surface area contributed by atoms with Crippen molar-refractivity contribution in [2.24, 2.45) is 0 Å². The number of rotatable bonds is 2. The van der Waals surface area contributed by atoms with Crippen LogP contribution in [0.15, 0.2) is 0 Å². The van der Waals surface area contributed by atoms with Crippen LogP contribution in [0, 0.1) is 12.3 Å². The van der Waals surface area contributed by atoms with Crippen LogP contribution in [-0.4, -0.2) is 35.8 Å². The molecular formula is C9H12N2O2. The Morgan fingerprint density at radius 1 is 1.69 bits per heavy atom. The second-order valence-electron chi connectivity index (χ2n) is 3.01. The molecule has 4 heteroatoms. The summed E-state index contributed by atoms with van der Waals surface area (Å²) in [6.45, 7) is 2.61. The van der Waals surface area contributed by atoms with E-state index in [1.165, 1.54) is 0 Å². The second-order valence-corrected chi connectivity index (χ2v) is 3.01. The van der Waals surface area contributed by atoms with E-state index in [0.29, 0.717) is 13.0 Å². The number of amides is 2. The number of nitrogens with one attached hydrogen (secondary N) is 1. The minimum Gasteiger partial charge on any atom is -0.294 e. The minimum atomic E-state index is -0.258. The number of hydrogen-bond acceptors (Lipinski definition) is 3. The van der Waals surface area contributed by atoms with Gasteiger partial charge in [0.15, 0.2) is 0 Å². The van der Waals surface area contributed by atoms with Crippen LogP contribution >= 0.6 is 0 Å². The molecular weight excluding hydrogens is 168 g/mol. The number of piperazine rings is 1. The highest BCUT2D eigenvalue weighted by Crippen LogP contribution is 2.04. The van der Waals surface area contributed by atoms with Gasteiger partial charge in [-0.3, -0.25) is 19.8 Å². The Morgan fingerprint density at radius 2 is 2.38 bits per heavy atom. The first-order chi connectivity index (χ1) is 6.15. The fraction of sp³-hybridized carbons (Fsp3) is 0.556. The molecule has 1 atom stereocenters. The number of hydrogen-bond donors (Lipinski definition) is 1. The molecule has 1 heterocycles. The molecule has 1 unspecified atom stereocenters. The summed E-state index contributed by atoms with van der Waals surface area (Å²) in [5.41, 5.74) is 0. The van der Waals surface area contributed by atoms with Gasteiger partial charge < -0.3 is 0 Å². The van der Waals surface area contributed by atoms with E-state index in [4.69, 9.17) is 6.42 Å². The molecule has 0 aromatic carbocycles. The number of carbonyl (C=O) groups is 2. The van der Waals surface area contributed by atoms with Crippen molar-refractivity contribution in [2.45, 2.75) is 19.4 Å². The second kappa shape index (κ2) is 4.06. The lowest BCUT2D eigenvalue weighted by molar-refractivity contribution is -0.139. The largest absolute Gasteiger partial charge is 0.294 e. The summed E-state index contributed by atoms with van der Waals surface area (Å²) in [6.07, 6.45) is 5.66. The van der Waals surface area contributed by atoms with E-state index >= 15 is 0 Å². The van der Waals surface area contributed by atoms with Crippen LogP contribution < -0.4 is 5.32 Å². The van der Waals surface area contributed by atoms with Gasteiger partial charge in [0.2, 0.25) is 11.8 Å². The molecule has 1 N–H and O–H groups in total. The molecule has 2 amide bonds. The molecule has 1 aliphatic rings. The van der Waals surface area contributed by atoms with Crippen LogP contribution in [0.25, 0.3) is 0 Å². The molecule has 1 fully saturated rings. The maximum atomic E-state index is 11.2. The van der Waals surface area contributed by atoms with E-state index in [1.54, 1.807) is 11.8 Å². The zero-order chi connectivity index (χ0) is 9.84. The Hall–Kier alpha value is -1.34. The van der Waals surface area contributed by atoms with E-state index < -0.39 is 0 Å². The number of terminal acetylenes is 1. The van der Waals surface area contributed by atoms with Crippen molar-refractivity contribution in [3.05, 3.63) is 0 Å². The Kier molecular flexibility index (Phi) is 3.04. The third-order valence-electron chi connectivity index (χ3n) is 2.08. The smallest absolute Gasteiger partial charge is 0.243 e. The molecule has 0 radical (unpaired) electrons. The van der Waals surface area contributed by atoms with E-state index in [1.807, 2.05) is 0 Å². The molecule has 13 heavy (non-hydrogen) atoms. The van der Waals surface area contributed by atoms with E-state index in [2.05, 4.69) is 11.2 Å². The van der Waals surface area contributed by atoms with Gasteiger partial charge in [-0.2, -0.15) is 0 Å². The molecule has 0 aliphatic carbocycles. The van der Waals surface area contributed by atoms with Crippen molar-refractivity contribution in [3.63, 3.8) is 0 Å². The molecule has 70 valence electrons. The van der Waals surface area contributed by atoms with Gasteiger partial charge in [-0.25, -0.2) is 0 Å². The van der Waals surface area contributed by atoms with Crippen LogP contribution in [0.5, 0.6) is 0 Å². The van der Waals surface area contributed by atoms with Gasteiger partial charge in [-0.15, -0.1) is 12.3 Å². The normalized spacial score (nSPS) is 23.8. The summed E-state index contributed by atoms with van der Waals surface area (Å²) >= 11 is 0. The minimum absolute atomic E-state index is 0.242. The Labute approximate surface area is 77.3 Å². The quantitative estimate of drug-likeness (QED) is 0.454. The van der Waals surface area contributed by atoms with Gasteiger partial charge in [0.05, 0.1) is 12.6 Å². The lowest BCUT2D eigenvalue weighted by Crippen LogP contribution is -2.56. The fourth-order valence-electron chi connectivity index (χ4n) is 1.25. The first-order valence-corrected chi connectivity index (χ1v) is 4.16. The monoisotopic (exact) mass is 180 g/mol. The summed E-state index contributed by atoms with van der Waals surface area (Å²) in [6, 6.07) is -0.258. The van der Waals surface area contributed by atoms with Crippen LogP contribution in [0.3, 0.4) is 0 Å². The predicted octanol–water partition coefficient (Wildman–Crippen LogP) is -0.643. The molecule has 0 bridgehead atoms. The predicted molar refractivity (Wildman–Crippen MR) is 47.6 cm³/mol. The number of imide groups is 1. The third kappa shape index (κ3) is 2.30. The van der Waals surface area contributed by atoms with E-state index in [9.17, 15) is 9.59 Å². The topological polar surface area (TPSA) is 49.4 Å². The zero-order valence-corrected chi connectivity index (χ0v) is 7.54. The molecule has 0 aromatic heterocycles. The SMILES string of the molecule is C#CCCN1CC(=O)NC(=O)C1C. The first-order valence-electron chi connectivity index (χ1n) is 4.16. The molecule has 1 saturated heterocycles. The summed E-state index contributed by atoms with van der Waals surface area (Å²) in [4.78, 5) is 23.9. The van der Waals surface area contributed by atoms with Crippen LogP contribution in [0.2, 0.25) is 0 Å². The van der Waals surface area contributed by atoms with Gasteiger partial charge in [0, 0.05) is 13.0 Å². The molecule has 1 aliphatic heterocycles. The van der Waals surface area contributed by atoms with Gasteiger partial charge in [-0.05, 0) is 6.92 Å². The summed E-state index contributed by atoms with van der Waals surface area (Å²) in [5.74, 6) is 1.99. The molecule has 0 spiro atoms. The Bertz CT molecular complexity index is 267. The Morgan fingerprint density at radius 3 is 3.00 bits per heavy atom. The van der Waals surface area contributed by atoms with Gasteiger partial charge in [0.25, 0.3) is 0 Å². The van der Waals surface area contributed by atoms with E-state index in [-0.39, 0.29) is 24.4 Å². The summed E-state index contributed by atoms with van der Waals surface area (Å²) < 4.78 is 0. The van der Waals surface area contributed by atoms with Crippen molar-refractivity contribution in [3.8, 4) is 12.3 Å². The van der Waals surface area contributed by atoms with Gasteiger partial charge in [0.1, 0.15) is 0 Å². The average molecular weight is 180 g/mol. The average Bonchev–Trinajstić information content (AvgIpc) is 2.09. The van der Waals surface area contributed by atoms with Crippen molar-refractivity contribution < 1.29 is 9.59 Å². The molecule has 4 nitrogen and oxygen atoms in total. The Balaban J connectivity index is 2.56. The van der Waals surface area contributed by atoms with Crippen molar-refractivity contribution in [1.82, 2.24) is 10.2 Å². The fourth-order valence-corrected chi connectivity index (χ4v) is 1.25. The van der Waals surface area contributed by atoms with Gasteiger partial charge in [-0.1, -0.05) is 0 Å². The lowest BCUT2D eigenvalue weighted by Gasteiger charge is -2.30. The van der Waals surface area contributed by atoms with Crippen LogP contribution in [0.4, 0.5) is 0 Å². The van der Waals surface area contributed by atoms with Crippen molar-refractivity contribution in [1.29, 1.82) is 0 Å². The third-order valence-corrected chi connectivity index (χ3v) is 2.08. The highest BCUT2D eigenvalue weighted by atomic mass is 16.2. The number of nitrogens with zero attached hydrogens (tertiary/aromatic N) is 1. The van der Waals surface area contributed by atoms with E-state index in [0.717, 1.165) is 0 Å². The molecule has 1 rings (SSSR count). The van der Waals surface area contributed by atoms with Crippen molar-refractivity contribution >= 4 is 11.8 Å². The zero-order valence-electron chi connectivity index (χ0n) is 7.54. The van der Waals surface area contributed by atoms with Crippen LogP contribution in [-0.2, 0) is 9.59 Å². The summed E-state index contributed by atoms with van der Waals surface area (Å²) in [7, 11) is 0. The highest BCUT2D eigenvalue weighted by molar-refractivity contribution is 6.00. The molecule has 0 aromatic rings.